The molecule has 0 radical (unpaired) electrons. The molecule has 2 amide bonds. The summed E-state index contributed by atoms with van der Waals surface area (Å²) in [6, 6.07) is 0.265. The number of allylic oxidation sites excluding steroid dienone is 1. The molecular formula is C33H52N2O4. The lowest BCUT2D eigenvalue weighted by atomic mass is 9.47. The molecule has 6 aliphatic rings. The van der Waals surface area contributed by atoms with E-state index < -0.39 is 0 Å². The average Bonchev–Trinajstić information content (AvgIpc) is 3.29. The molecule has 6 rings (SSSR count). The van der Waals surface area contributed by atoms with Gasteiger partial charge in [-0.2, -0.15) is 0 Å². The SMILES string of the molecule is CC(CCC(=O)N1CCC(N2CCOCC2=O)CC1)[C@H]1CC[C@H]2[C@@H]3CC=C4C[C@@H](O)CC[C@]4(C)[C@H]3CC[C@]12C. The van der Waals surface area contributed by atoms with E-state index in [9.17, 15) is 14.7 Å². The maximum absolute atomic E-state index is 13.2. The van der Waals surface area contributed by atoms with Crippen molar-refractivity contribution in [1.29, 1.82) is 0 Å². The number of rotatable bonds is 5. The summed E-state index contributed by atoms with van der Waals surface area (Å²) >= 11 is 0. The van der Waals surface area contributed by atoms with E-state index in [4.69, 9.17) is 4.74 Å². The number of likely N-dealkylation sites (tertiary alicyclic amines) is 1. The zero-order valence-corrected chi connectivity index (χ0v) is 24.7. The fraction of sp³-hybridized carbons (Fsp3) is 0.879. The molecule has 6 nitrogen and oxygen atoms in total. The Labute approximate surface area is 235 Å². The highest BCUT2D eigenvalue weighted by Crippen LogP contribution is 2.67. The second-order valence-electron chi connectivity index (χ2n) is 14.7. The first kappa shape index (κ1) is 27.8. The van der Waals surface area contributed by atoms with E-state index in [1.54, 1.807) is 5.57 Å². The summed E-state index contributed by atoms with van der Waals surface area (Å²) in [7, 11) is 0. The molecule has 0 aromatic rings. The molecule has 6 heteroatoms. The fourth-order valence-electron chi connectivity index (χ4n) is 10.7. The van der Waals surface area contributed by atoms with Gasteiger partial charge in [-0.1, -0.05) is 32.4 Å². The molecule has 218 valence electrons. The molecule has 0 bridgehead atoms. The molecule has 2 saturated heterocycles. The maximum Gasteiger partial charge on any atom is 0.248 e. The quantitative estimate of drug-likeness (QED) is 0.487. The van der Waals surface area contributed by atoms with Crippen molar-refractivity contribution in [2.75, 3.05) is 32.8 Å². The molecule has 3 saturated carbocycles. The number of ether oxygens (including phenoxy) is 1. The summed E-state index contributed by atoms with van der Waals surface area (Å²) in [5, 5.41) is 10.3. The van der Waals surface area contributed by atoms with Crippen molar-refractivity contribution in [1.82, 2.24) is 9.80 Å². The molecule has 2 heterocycles. The Bertz CT molecular complexity index is 973. The average molecular weight is 541 g/mol. The van der Waals surface area contributed by atoms with E-state index >= 15 is 0 Å². The number of hydrogen-bond acceptors (Lipinski definition) is 4. The molecule has 0 aromatic heterocycles. The number of hydrogen-bond donors (Lipinski definition) is 1. The third-order valence-electron chi connectivity index (χ3n) is 12.9. The van der Waals surface area contributed by atoms with E-state index in [1.165, 1.54) is 32.1 Å². The Hall–Kier alpha value is -1.40. The molecule has 1 N–H and O–H groups in total. The molecule has 8 atom stereocenters. The first-order valence-electron chi connectivity index (χ1n) is 16.2. The Morgan fingerprint density at radius 2 is 1.87 bits per heavy atom. The van der Waals surface area contributed by atoms with Crippen LogP contribution in [0, 0.1) is 40.4 Å². The number of aliphatic hydroxyl groups excluding tert-OH is 1. The van der Waals surface area contributed by atoms with Crippen molar-refractivity contribution in [2.24, 2.45) is 40.4 Å². The number of nitrogens with zero attached hydrogens (tertiary/aromatic N) is 2. The van der Waals surface area contributed by atoms with Gasteiger partial charge in [0.15, 0.2) is 0 Å². The Morgan fingerprint density at radius 3 is 2.64 bits per heavy atom. The van der Waals surface area contributed by atoms with Gasteiger partial charge >= 0.3 is 0 Å². The summed E-state index contributed by atoms with van der Waals surface area (Å²) in [6.07, 6.45) is 15.5. The minimum Gasteiger partial charge on any atom is -0.393 e. The summed E-state index contributed by atoms with van der Waals surface area (Å²) in [4.78, 5) is 29.5. The van der Waals surface area contributed by atoms with Crippen molar-refractivity contribution < 1.29 is 19.4 Å². The van der Waals surface area contributed by atoms with E-state index in [-0.39, 0.29) is 24.7 Å². The molecule has 0 spiro atoms. The van der Waals surface area contributed by atoms with Crippen molar-refractivity contribution in [3.05, 3.63) is 11.6 Å². The molecule has 4 aliphatic carbocycles. The number of carbonyl (C=O) groups is 2. The van der Waals surface area contributed by atoms with Gasteiger partial charge in [0, 0.05) is 32.1 Å². The van der Waals surface area contributed by atoms with Crippen molar-refractivity contribution in [3.63, 3.8) is 0 Å². The fourth-order valence-corrected chi connectivity index (χ4v) is 10.7. The standard InChI is InChI=1S/C33H52N2O4/c1-22(4-9-30(37)34-16-12-24(13-17-34)35-18-19-39-21-31(35)38)27-7-8-28-26-6-5-23-20-25(36)10-14-32(23,2)29(26)11-15-33(27,28)3/h5,22,24-29,36H,4,6-21H2,1-3H3/t22?,25-,26-,27+,28-,29-,32-,33+/m0/s1. The number of morpholine rings is 1. The molecule has 2 aliphatic heterocycles. The number of amides is 2. The third kappa shape index (κ3) is 4.90. The summed E-state index contributed by atoms with van der Waals surface area (Å²) < 4.78 is 5.29. The highest BCUT2D eigenvalue weighted by molar-refractivity contribution is 5.78. The first-order valence-corrected chi connectivity index (χ1v) is 16.2. The predicted octanol–water partition coefficient (Wildman–Crippen LogP) is 5.19. The lowest BCUT2D eigenvalue weighted by molar-refractivity contribution is -0.147. The smallest absolute Gasteiger partial charge is 0.248 e. The second-order valence-corrected chi connectivity index (χ2v) is 14.7. The zero-order chi connectivity index (χ0) is 27.4. The van der Waals surface area contributed by atoms with Crippen LogP contribution in [0.2, 0.25) is 0 Å². The molecule has 0 aromatic carbocycles. The van der Waals surface area contributed by atoms with Gasteiger partial charge in [-0.15, -0.1) is 0 Å². The second kappa shape index (κ2) is 10.8. The Kier molecular flexibility index (Phi) is 7.67. The van der Waals surface area contributed by atoms with Gasteiger partial charge in [0.2, 0.25) is 11.8 Å². The van der Waals surface area contributed by atoms with Gasteiger partial charge < -0.3 is 19.6 Å². The lowest BCUT2D eigenvalue weighted by Crippen LogP contribution is -2.52. The number of carbonyl (C=O) groups excluding carboxylic acids is 2. The molecule has 39 heavy (non-hydrogen) atoms. The van der Waals surface area contributed by atoms with Crippen LogP contribution >= 0.6 is 0 Å². The minimum atomic E-state index is -0.130. The third-order valence-corrected chi connectivity index (χ3v) is 12.9. The Morgan fingerprint density at radius 1 is 1.08 bits per heavy atom. The summed E-state index contributed by atoms with van der Waals surface area (Å²) in [6.45, 7) is 10.6. The van der Waals surface area contributed by atoms with Crippen LogP contribution < -0.4 is 0 Å². The molecule has 5 fully saturated rings. The monoisotopic (exact) mass is 540 g/mol. The maximum atomic E-state index is 13.2. The number of piperidine rings is 1. The van der Waals surface area contributed by atoms with Gasteiger partial charge in [0.25, 0.3) is 0 Å². The van der Waals surface area contributed by atoms with Crippen LogP contribution in [0.5, 0.6) is 0 Å². The van der Waals surface area contributed by atoms with E-state index in [1.807, 2.05) is 4.90 Å². The summed E-state index contributed by atoms with van der Waals surface area (Å²) in [5.74, 6) is 4.12. The van der Waals surface area contributed by atoms with Gasteiger partial charge in [-0.05, 0) is 111 Å². The largest absolute Gasteiger partial charge is 0.393 e. The molecular weight excluding hydrogens is 488 g/mol. The van der Waals surface area contributed by atoms with Gasteiger partial charge in [-0.3, -0.25) is 9.59 Å². The zero-order valence-electron chi connectivity index (χ0n) is 24.7. The van der Waals surface area contributed by atoms with Crippen LogP contribution in [0.3, 0.4) is 0 Å². The van der Waals surface area contributed by atoms with Crippen LogP contribution in [0.15, 0.2) is 11.6 Å². The highest BCUT2D eigenvalue weighted by Gasteiger charge is 2.59. The van der Waals surface area contributed by atoms with Crippen LogP contribution in [-0.2, 0) is 14.3 Å². The van der Waals surface area contributed by atoms with E-state index in [2.05, 4.69) is 31.7 Å². The van der Waals surface area contributed by atoms with E-state index in [0.717, 1.165) is 75.3 Å². The highest BCUT2D eigenvalue weighted by atomic mass is 16.5. The number of fused-ring (bicyclic) bond motifs is 5. The van der Waals surface area contributed by atoms with Crippen LogP contribution in [0.4, 0.5) is 0 Å². The van der Waals surface area contributed by atoms with E-state index in [0.29, 0.717) is 42.2 Å². The van der Waals surface area contributed by atoms with Gasteiger partial charge in [-0.25, -0.2) is 0 Å². The predicted molar refractivity (Wildman–Crippen MR) is 152 cm³/mol. The van der Waals surface area contributed by atoms with Crippen LogP contribution in [-0.4, -0.2) is 71.7 Å². The lowest BCUT2D eigenvalue weighted by Gasteiger charge is -2.58. The summed E-state index contributed by atoms with van der Waals surface area (Å²) in [5.41, 5.74) is 2.28. The van der Waals surface area contributed by atoms with Crippen molar-refractivity contribution >= 4 is 11.8 Å². The first-order chi connectivity index (χ1) is 18.7. The molecule has 1 unspecified atom stereocenters. The van der Waals surface area contributed by atoms with Gasteiger partial charge in [0.05, 0.1) is 12.7 Å². The van der Waals surface area contributed by atoms with Gasteiger partial charge in [0.1, 0.15) is 6.61 Å². The number of aliphatic hydroxyl groups is 1. The van der Waals surface area contributed by atoms with Crippen LogP contribution in [0.1, 0.15) is 97.8 Å². The topological polar surface area (TPSA) is 70.1 Å². The van der Waals surface area contributed by atoms with Crippen molar-refractivity contribution in [2.45, 2.75) is 110 Å². The Balaban J connectivity index is 1.03. The van der Waals surface area contributed by atoms with Crippen LogP contribution in [0.25, 0.3) is 0 Å². The normalized spacial score (nSPS) is 41.9. The van der Waals surface area contributed by atoms with Crippen molar-refractivity contribution in [3.8, 4) is 0 Å². The minimum absolute atomic E-state index is 0.105.